The number of esters is 2. The first kappa shape index (κ1) is 45.5. The second-order valence-electron chi connectivity index (χ2n) is 11.8. The Kier molecular flexibility index (Phi) is 32.6. The Labute approximate surface area is 291 Å². The van der Waals surface area contributed by atoms with Gasteiger partial charge in [-0.15, -0.1) is 0 Å². The molecule has 0 spiro atoms. The van der Waals surface area contributed by atoms with Crippen LogP contribution in [0, 0.1) is 0 Å². The van der Waals surface area contributed by atoms with Gasteiger partial charge in [-0.2, -0.15) is 0 Å². The smallest absolute Gasteiger partial charge is 0.462 e. The van der Waals surface area contributed by atoms with Gasteiger partial charge < -0.3 is 19.3 Å². The van der Waals surface area contributed by atoms with Gasteiger partial charge in [0.05, 0.1) is 6.61 Å². The lowest BCUT2D eigenvalue weighted by Gasteiger charge is -2.18. The first-order valence-corrected chi connectivity index (χ1v) is 19.8. The van der Waals surface area contributed by atoms with Crippen molar-refractivity contribution >= 4 is 19.8 Å². The average Bonchev–Trinajstić information content (AvgIpc) is 3.05. The van der Waals surface area contributed by atoms with Gasteiger partial charge in [-0.05, 0) is 77.0 Å². The van der Waals surface area contributed by atoms with Gasteiger partial charge in [0.25, 0.3) is 0 Å². The normalized spacial score (nSPS) is 13.3. The minimum Gasteiger partial charge on any atom is -0.462 e. The molecule has 0 aromatic rings. The summed E-state index contributed by atoms with van der Waals surface area (Å²) in [7, 11) is -4.77. The molecule has 0 aliphatic heterocycles. The molecule has 274 valence electrons. The standard InChI is InChI=1S/C39H65O8P/c1-3-5-7-9-11-13-15-17-18-19-20-22-23-25-27-29-31-33-38(40)45-35-37(36-46-48(42,43)44)47-39(41)34-32-30-28-26-24-21-16-14-12-10-8-6-4-2/h5,7,11,13-14,16-18,20,22,25,27,37H,3-4,6,8-10,12,15,19,21,23-24,26,28-36H2,1-2H3,(H2,42,43,44)/b7-5+,13-11+,16-14+,18-17+,22-20+,27-25+/t37-/m1/s1. The van der Waals surface area contributed by atoms with Crippen molar-refractivity contribution in [2.75, 3.05) is 13.2 Å². The van der Waals surface area contributed by atoms with Crippen LogP contribution in [0.1, 0.15) is 142 Å². The van der Waals surface area contributed by atoms with Crippen LogP contribution in [0.3, 0.4) is 0 Å². The Bertz CT molecular complexity index is 1010. The number of carbonyl (C=O) groups is 2. The molecule has 0 rings (SSSR count). The number of hydrogen-bond acceptors (Lipinski definition) is 6. The van der Waals surface area contributed by atoms with Gasteiger partial charge in [0.1, 0.15) is 6.61 Å². The highest BCUT2D eigenvalue weighted by molar-refractivity contribution is 7.46. The van der Waals surface area contributed by atoms with Gasteiger partial charge in [-0.25, -0.2) is 4.57 Å². The molecule has 0 aliphatic rings. The Morgan fingerprint density at radius 1 is 0.562 bits per heavy atom. The second-order valence-corrected chi connectivity index (χ2v) is 13.0. The summed E-state index contributed by atoms with van der Waals surface area (Å²) in [6, 6.07) is 0. The van der Waals surface area contributed by atoms with Crippen LogP contribution in [-0.2, 0) is 28.2 Å². The summed E-state index contributed by atoms with van der Waals surface area (Å²) >= 11 is 0. The maximum Gasteiger partial charge on any atom is 0.469 e. The van der Waals surface area contributed by atoms with E-state index in [-0.39, 0.29) is 19.4 Å². The highest BCUT2D eigenvalue weighted by atomic mass is 31.2. The lowest BCUT2D eigenvalue weighted by molar-refractivity contribution is -0.161. The van der Waals surface area contributed by atoms with Crippen molar-refractivity contribution in [2.24, 2.45) is 0 Å². The van der Waals surface area contributed by atoms with Crippen molar-refractivity contribution in [1.29, 1.82) is 0 Å². The summed E-state index contributed by atoms with van der Waals surface area (Å²) in [4.78, 5) is 42.6. The minimum absolute atomic E-state index is 0.184. The molecule has 8 nitrogen and oxygen atoms in total. The molecule has 0 aliphatic carbocycles. The fourth-order valence-corrected chi connectivity index (χ4v) is 4.88. The number of unbranched alkanes of at least 4 members (excludes halogenated alkanes) is 10. The van der Waals surface area contributed by atoms with Crippen molar-refractivity contribution in [2.45, 2.75) is 148 Å². The number of hydrogen-bond donors (Lipinski definition) is 2. The van der Waals surface area contributed by atoms with E-state index in [2.05, 4.69) is 85.2 Å². The first-order chi connectivity index (χ1) is 23.3. The maximum absolute atomic E-state index is 12.3. The number of carbonyl (C=O) groups excluding carboxylic acids is 2. The number of phosphoric acid groups is 1. The summed E-state index contributed by atoms with van der Waals surface area (Å²) in [5, 5.41) is 0. The molecule has 0 amide bonds. The van der Waals surface area contributed by atoms with Crippen LogP contribution in [0.4, 0.5) is 0 Å². The van der Waals surface area contributed by atoms with Crippen LogP contribution in [0.25, 0.3) is 0 Å². The molecular formula is C39H65O8P. The van der Waals surface area contributed by atoms with E-state index >= 15 is 0 Å². The quantitative estimate of drug-likeness (QED) is 0.0309. The van der Waals surface area contributed by atoms with Crippen LogP contribution < -0.4 is 0 Å². The van der Waals surface area contributed by atoms with E-state index in [1.54, 1.807) is 0 Å². The average molecular weight is 693 g/mol. The number of rotatable bonds is 32. The highest BCUT2D eigenvalue weighted by Gasteiger charge is 2.22. The van der Waals surface area contributed by atoms with E-state index in [9.17, 15) is 14.2 Å². The molecule has 0 heterocycles. The van der Waals surface area contributed by atoms with Gasteiger partial charge >= 0.3 is 19.8 Å². The summed E-state index contributed by atoms with van der Waals surface area (Å²) in [6.07, 6.45) is 43.4. The molecule has 0 bridgehead atoms. The highest BCUT2D eigenvalue weighted by Crippen LogP contribution is 2.35. The van der Waals surface area contributed by atoms with E-state index in [0.29, 0.717) is 12.8 Å². The van der Waals surface area contributed by atoms with Crippen molar-refractivity contribution in [1.82, 2.24) is 0 Å². The third-order valence-corrected chi connectivity index (χ3v) is 7.69. The maximum atomic E-state index is 12.3. The fraction of sp³-hybridized carbons (Fsp3) is 0.641. The van der Waals surface area contributed by atoms with Crippen LogP contribution in [0.5, 0.6) is 0 Å². The Hall–Kier alpha value is -2.51. The number of allylic oxidation sites excluding steroid dienone is 12. The zero-order valence-electron chi connectivity index (χ0n) is 29.9. The molecule has 48 heavy (non-hydrogen) atoms. The van der Waals surface area contributed by atoms with E-state index in [0.717, 1.165) is 77.0 Å². The lowest BCUT2D eigenvalue weighted by Crippen LogP contribution is -2.29. The third kappa shape index (κ3) is 36.3. The summed E-state index contributed by atoms with van der Waals surface area (Å²) in [5.74, 6) is -0.972. The molecule has 0 saturated heterocycles. The van der Waals surface area contributed by atoms with Crippen LogP contribution in [0.2, 0.25) is 0 Å². The number of phosphoric ester groups is 1. The lowest BCUT2D eigenvalue weighted by atomic mass is 10.1. The minimum atomic E-state index is -4.77. The first-order valence-electron chi connectivity index (χ1n) is 18.2. The summed E-state index contributed by atoms with van der Waals surface area (Å²) in [5.41, 5.74) is 0. The second kappa shape index (κ2) is 34.4. The molecule has 1 atom stereocenters. The molecule has 0 aromatic carbocycles. The van der Waals surface area contributed by atoms with Crippen molar-refractivity contribution in [3.8, 4) is 0 Å². The van der Waals surface area contributed by atoms with Crippen LogP contribution >= 0.6 is 7.82 Å². The van der Waals surface area contributed by atoms with Gasteiger partial charge in [0.15, 0.2) is 6.10 Å². The fourth-order valence-electron chi connectivity index (χ4n) is 4.52. The monoisotopic (exact) mass is 692 g/mol. The Morgan fingerprint density at radius 2 is 1.02 bits per heavy atom. The Morgan fingerprint density at radius 3 is 1.58 bits per heavy atom. The molecule has 9 heteroatoms. The summed E-state index contributed by atoms with van der Waals surface area (Å²) < 4.78 is 26.2. The van der Waals surface area contributed by atoms with Gasteiger partial charge in [0.2, 0.25) is 0 Å². The molecule has 0 unspecified atom stereocenters. The van der Waals surface area contributed by atoms with E-state index < -0.39 is 32.5 Å². The molecular weight excluding hydrogens is 627 g/mol. The van der Waals surface area contributed by atoms with E-state index in [4.69, 9.17) is 19.3 Å². The van der Waals surface area contributed by atoms with Crippen molar-refractivity contribution < 1.29 is 37.9 Å². The molecule has 0 fully saturated rings. The SMILES string of the molecule is CC/C=C/C/C=C/C/C=C/C/C=C/C/C=C/CCCC(=O)OC[C@H](COP(=O)(O)O)OC(=O)CCCCCCC/C=C/CCCCCC. The van der Waals surface area contributed by atoms with Gasteiger partial charge in [-0.3, -0.25) is 14.1 Å². The van der Waals surface area contributed by atoms with Crippen molar-refractivity contribution in [3.05, 3.63) is 72.9 Å². The summed E-state index contributed by atoms with van der Waals surface area (Å²) in [6.45, 7) is 3.47. The Balaban J connectivity index is 4.12. The van der Waals surface area contributed by atoms with Gasteiger partial charge in [0, 0.05) is 12.8 Å². The van der Waals surface area contributed by atoms with E-state index in [1.807, 2.05) is 6.08 Å². The zero-order valence-corrected chi connectivity index (χ0v) is 30.7. The van der Waals surface area contributed by atoms with Crippen LogP contribution in [0.15, 0.2) is 72.9 Å². The zero-order chi connectivity index (χ0) is 35.4. The largest absolute Gasteiger partial charge is 0.469 e. The molecule has 0 radical (unpaired) electrons. The van der Waals surface area contributed by atoms with E-state index in [1.165, 1.54) is 25.7 Å². The van der Waals surface area contributed by atoms with Crippen molar-refractivity contribution in [3.63, 3.8) is 0 Å². The predicted octanol–water partition coefficient (Wildman–Crippen LogP) is 10.7. The van der Waals surface area contributed by atoms with Gasteiger partial charge in [-0.1, -0.05) is 125 Å². The predicted molar refractivity (Wildman–Crippen MR) is 197 cm³/mol. The molecule has 0 aromatic heterocycles. The third-order valence-electron chi connectivity index (χ3n) is 7.21. The molecule has 2 N–H and O–H groups in total. The topological polar surface area (TPSA) is 119 Å². The molecule has 0 saturated carbocycles. The van der Waals surface area contributed by atoms with Crippen LogP contribution in [-0.4, -0.2) is 41.0 Å². The number of ether oxygens (including phenoxy) is 2.